The van der Waals surface area contributed by atoms with E-state index in [1.807, 2.05) is 33.3 Å². The lowest BCUT2D eigenvalue weighted by Gasteiger charge is -2.32. The number of aryl methyl sites for hydroxylation is 3. The van der Waals surface area contributed by atoms with Crippen LogP contribution in [0, 0.1) is 13.8 Å². The van der Waals surface area contributed by atoms with E-state index < -0.39 is 0 Å². The van der Waals surface area contributed by atoms with Crippen molar-refractivity contribution in [3.63, 3.8) is 0 Å². The maximum absolute atomic E-state index is 5.90. The van der Waals surface area contributed by atoms with Gasteiger partial charge in [-0.05, 0) is 25.5 Å². The van der Waals surface area contributed by atoms with Gasteiger partial charge in [-0.3, -0.25) is 9.88 Å². The van der Waals surface area contributed by atoms with Crippen molar-refractivity contribution in [2.75, 3.05) is 19.7 Å². The normalized spacial score (nSPS) is 19.9. The maximum Gasteiger partial charge on any atom is 0.139 e. The highest BCUT2D eigenvalue weighted by atomic mass is 16.5. The van der Waals surface area contributed by atoms with Crippen LogP contribution >= 0.6 is 0 Å². The summed E-state index contributed by atoms with van der Waals surface area (Å²) in [6.07, 6.45) is 4.06. The number of aromatic nitrogens is 3. The quantitative estimate of drug-likeness (QED) is 0.865. The van der Waals surface area contributed by atoms with E-state index in [-0.39, 0.29) is 6.10 Å². The molecule has 1 saturated heterocycles. The Bertz CT molecular complexity index is 605. The second-order valence-electron chi connectivity index (χ2n) is 5.75. The van der Waals surface area contributed by atoms with Crippen molar-refractivity contribution in [1.82, 2.24) is 19.4 Å². The molecule has 3 rings (SSSR count). The summed E-state index contributed by atoms with van der Waals surface area (Å²) in [6, 6.07) is 4.22. The first-order valence-electron chi connectivity index (χ1n) is 7.37. The zero-order valence-corrected chi connectivity index (χ0v) is 12.9. The van der Waals surface area contributed by atoms with Gasteiger partial charge >= 0.3 is 0 Å². The second-order valence-corrected chi connectivity index (χ2v) is 5.75. The minimum Gasteiger partial charge on any atom is -0.368 e. The summed E-state index contributed by atoms with van der Waals surface area (Å²) in [4.78, 5) is 11.4. The molecule has 1 fully saturated rings. The fourth-order valence-electron chi connectivity index (χ4n) is 2.79. The summed E-state index contributed by atoms with van der Waals surface area (Å²) in [5.74, 6) is 1.01. The van der Waals surface area contributed by atoms with E-state index in [4.69, 9.17) is 4.74 Å². The van der Waals surface area contributed by atoms with E-state index in [1.54, 1.807) is 0 Å². The van der Waals surface area contributed by atoms with Gasteiger partial charge in [0.2, 0.25) is 0 Å². The van der Waals surface area contributed by atoms with Gasteiger partial charge < -0.3 is 9.30 Å². The molecule has 21 heavy (non-hydrogen) atoms. The van der Waals surface area contributed by atoms with Crippen LogP contribution in [0.5, 0.6) is 0 Å². The van der Waals surface area contributed by atoms with Crippen molar-refractivity contribution in [2.45, 2.75) is 26.5 Å². The van der Waals surface area contributed by atoms with Crippen LogP contribution in [0.25, 0.3) is 0 Å². The van der Waals surface area contributed by atoms with Crippen LogP contribution in [0.15, 0.2) is 24.5 Å². The van der Waals surface area contributed by atoms with Crippen molar-refractivity contribution in [3.8, 4) is 0 Å². The second kappa shape index (κ2) is 5.95. The van der Waals surface area contributed by atoms with Crippen LogP contribution in [0.3, 0.4) is 0 Å². The minimum atomic E-state index is 0.0517. The molecule has 0 saturated carbocycles. The first-order chi connectivity index (χ1) is 10.1. The third kappa shape index (κ3) is 3.31. The van der Waals surface area contributed by atoms with Gasteiger partial charge in [-0.2, -0.15) is 0 Å². The Morgan fingerprint density at radius 3 is 2.81 bits per heavy atom. The maximum atomic E-state index is 5.90. The lowest BCUT2D eigenvalue weighted by Crippen LogP contribution is -2.38. The molecular weight excluding hydrogens is 264 g/mol. The van der Waals surface area contributed by atoms with Gasteiger partial charge in [-0.1, -0.05) is 6.07 Å². The zero-order valence-electron chi connectivity index (χ0n) is 12.9. The van der Waals surface area contributed by atoms with Crippen LogP contribution in [0.1, 0.15) is 28.9 Å². The third-order valence-corrected chi connectivity index (χ3v) is 3.85. The smallest absolute Gasteiger partial charge is 0.139 e. The molecule has 0 bridgehead atoms. The SMILES string of the molecule is Cc1ccc(CN2CCO[C@H](c3nc(C)cn3C)C2)cn1. The molecule has 0 N–H and O–H groups in total. The lowest BCUT2D eigenvalue weighted by molar-refractivity contribution is -0.0384. The average Bonchev–Trinajstić information content (AvgIpc) is 2.81. The first kappa shape index (κ1) is 14.2. The van der Waals surface area contributed by atoms with Crippen molar-refractivity contribution in [1.29, 1.82) is 0 Å². The fourth-order valence-corrected chi connectivity index (χ4v) is 2.79. The molecule has 0 unspecified atom stereocenters. The van der Waals surface area contributed by atoms with Crippen molar-refractivity contribution in [2.24, 2.45) is 7.05 Å². The number of hydrogen-bond donors (Lipinski definition) is 0. The predicted octanol–water partition coefficient (Wildman–Crippen LogP) is 2.01. The van der Waals surface area contributed by atoms with Gasteiger partial charge in [0, 0.05) is 44.8 Å². The molecule has 0 amide bonds. The first-order valence-corrected chi connectivity index (χ1v) is 7.37. The van der Waals surface area contributed by atoms with Gasteiger partial charge in [0.15, 0.2) is 0 Å². The van der Waals surface area contributed by atoms with Crippen LogP contribution in [0.4, 0.5) is 0 Å². The van der Waals surface area contributed by atoms with E-state index >= 15 is 0 Å². The molecule has 1 aliphatic rings. The number of hydrogen-bond acceptors (Lipinski definition) is 4. The summed E-state index contributed by atoms with van der Waals surface area (Å²) >= 11 is 0. The molecule has 0 spiro atoms. The van der Waals surface area contributed by atoms with E-state index in [2.05, 4.69) is 31.6 Å². The Morgan fingerprint density at radius 1 is 1.29 bits per heavy atom. The van der Waals surface area contributed by atoms with E-state index in [1.165, 1.54) is 5.56 Å². The van der Waals surface area contributed by atoms with Gasteiger partial charge in [0.05, 0.1) is 12.3 Å². The number of imidazole rings is 1. The molecule has 5 nitrogen and oxygen atoms in total. The van der Waals surface area contributed by atoms with Crippen LogP contribution in [-0.2, 0) is 18.3 Å². The molecule has 1 aliphatic heterocycles. The number of nitrogens with zero attached hydrogens (tertiary/aromatic N) is 4. The summed E-state index contributed by atoms with van der Waals surface area (Å²) in [5.41, 5.74) is 3.34. The summed E-state index contributed by atoms with van der Waals surface area (Å²) < 4.78 is 7.97. The highest BCUT2D eigenvalue weighted by Gasteiger charge is 2.25. The van der Waals surface area contributed by atoms with Crippen molar-refractivity contribution < 1.29 is 4.74 Å². The number of pyridine rings is 1. The summed E-state index contributed by atoms with van der Waals surface area (Å²) in [5, 5.41) is 0. The van der Waals surface area contributed by atoms with Gasteiger partial charge in [-0.15, -0.1) is 0 Å². The summed E-state index contributed by atoms with van der Waals surface area (Å²) in [7, 11) is 2.03. The zero-order chi connectivity index (χ0) is 14.8. The Morgan fingerprint density at radius 2 is 2.14 bits per heavy atom. The van der Waals surface area contributed by atoms with E-state index in [0.717, 1.165) is 43.5 Å². The molecule has 3 heterocycles. The Labute approximate surface area is 125 Å². The number of rotatable bonds is 3. The molecule has 1 atom stereocenters. The predicted molar refractivity (Wildman–Crippen MR) is 80.9 cm³/mol. The molecule has 5 heteroatoms. The molecule has 0 aliphatic carbocycles. The highest BCUT2D eigenvalue weighted by Crippen LogP contribution is 2.22. The molecule has 2 aromatic rings. The topological polar surface area (TPSA) is 43.2 Å². The number of ether oxygens (including phenoxy) is 1. The monoisotopic (exact) mass is 286 g/mol. The van der Waals surface area contributed by atoms with Crippen molar-refractivity contribution >= 4 is 0 Å². The minimum absolute atomic E-state index is 0.0517. The number of morpholine rings is 1. The lowest BCUT2D eigenvalue weighted by atomic mass is 10.2. The van der Waals surface area contributed by atoms with Crippen LogP contribution < -0.4 is 0 Å². The van der Waals surface area contributed by atoms with E-state index in [0.29, 0.717) is 0 Å². The summed E-state index contributed by atoms with van der Waals surface area (Å²) in [6.45, 7) is 7.51. The standard InChI is InChI=1S/C16H22N4O/c1-12-4-5-14(8-17-12)10-20-6-7-21-15(11-20)16-18-13(2)9-19(16)3/h4-5,8-9,15H,6-7,10-11H2,1-3H3/t15-/m0/s1. The Hall–Kier alpha value is -1.72. The largest absolute Gasteiger partial charge is 0.368 e. The highest BCUT2D eigenvalue weighted by molar-refractivity contribution is 5.13. The Kier molecular flexibility index (Phi) is 4.03. The Balaban J connectivity index is 1.68. The molecule has 0 radical (unpaired) electrons. The average molecular weight is 286 g/mol. The molecule has 2 aromatic heterocycles. The van der Waals surface area contributed by atoms with Gasteiger partial charge in [0.25, 0.3) is 0 Å². The van der Waals surface area contributed by atoms with Gasteiger partial charge in [0.1, 0.15) is 11.9 Å². The molecular formula is C16H22N4O. The molecule has 112 valence electrons. The molecule has 0 aromatic carbocycles. The van der Waals surface area contributed by atoms with Crippen molar-refractivity contribution in [3.05, 3.63) is 47.3 Å². The third-order valence-electron chi connectivity index (χ3n) is 3.85. The van der Waals surface area contributed by atoms with Crippen LogP contribution in [-0.4, -0.2) is 39.1 Å². The van der Waals surface area contributed by atoms with Gasteiger partial charge in [-0.25, -0.2) is 4.98 Å². The van der Waals surface area contributed by atoms with E-state index in [9.17, 15) is 0 Å². The van der Waals surface area contributed by atoms with Crippen LogP contribution in [0.2, 0.25) is 0 Å². The fraction of sp³-hybridized carbons (Fsp3) is 0.500.